The van der Waals surface area contributed by atoms with E-state index in [1.54, 1.807) is 6.07 Å². The van der Waals surface area contributed by atoms with Gasteiger partial charge in [0.05, 0.1) is 36.0 Å². The number of aromatic nitrogens is 2. The molecule has 3 rings (SSSR count). The third-order valence-corrected chi connectivity index (χ3v) is 3.84. The van der Waals surface area contributed by atoms with Gasteiger partial charge in [-0.3, -0.25) is 9.36 Å². The molecule has 1 aromatic heterocycles. The molecule has 24 heavy (non-hydrogen) atoms. The highest BCUT2D eigenvalue weighted by Crippen LogP contribution is 2.27. The van der Waals surface area contributed by atoms with Crippen LogP contribution in [0.5, 0.6) is 0 Å². The highest BCUT2D eigenvalue weighted by molar-refractivity contribution is 5.90. The minimum atomic E-state index is -0.668. The van der Waals surface area contributed by atoms with Gasteiger partial charge in [0.2, 0.25) is 0 Å². The van der Waals surface area contributed by atoms with Crippen molar-refractivity contribution in [3.05, 3.63) is 88.9 Å². The first kappa shape index (κ1) is 15.7. The molecule has 0 saturated carbocycles. The van der Waals surface area contributed by atoms with Crippen molar-refractivity contribution in [1.82, 2.24) is 9.55 Å². The monoisotopic (exact) mass is 320 g/mol. The van der Waals surface area contributed by atoms with Gasteiger partial charge in [-0.1, -0.05) is 49.0 Å². The maximum atomic E-state index is 12.6. The molecule has 0 amide bonds. The van der Waals surface area contributed by atoms with Crippen molar-refractivity contribution >= 4 is 17.0 Å². The Balaban J connectivity index is 2.31. The zero-order chi connectivity index (χ0) is 17.1. The number of carbonyl (C=O) groups excluding carboxylic acids is 1. The molecule has 0 saturated heterocycles. The number of hydrogen-bond donors (Lipinski definition) is 0. The molecule has 0 aliphatic heterocycles. The summed E-state index contributed by atoms with van der Waals surface area (Å²) in [6.07, 6.45) is 1.25. The number of fused-ring (bicyclic) bond motifs is 1. The lowest BCUT2D eigenvalue weighted by Gasteiger charge is -2.23. The fourth-order valence-corrected chi connectivity index (χ4v) is 2.73. The van der Waals surface area contributed by atoms with Crippen molar-refractivity contribution in [1.29, 1.82) is 0 Å². The number of hydrogen-bond acceptors (Lipinski definition) is 4. The second kappa shape index (κ2) is 6.50. The largest absolute Gasteiger partial charge is 0.466 e. The molecule has 1 atom stereocenters. The highest BCUT2D eigenvalue weighted by atomic mass is 16.5. The van der Waals surface area contributed by atoms with Crippen LogP contribution in [0.15, 0.2) is 77.7 Å². The van der Waals surface area contributed by atoms with Crippen LogP contribution in [-0.4, -0.2) is 22.6 Å². The number of nitrogens with zero attached hydrogens (tertiary/aromatic N) is 2. The summed E-state index contributed by atoms with van der Waals surface area (Å²) in [5.74, 6) is -0.559. The van der Waals surface area contributed by atoms with Crippen LogP contribution in [0.4, 0.5) is 0 Å². The van der Waals surface area contributed by atoms with Crippen LogP contribution >= 0.6 is 0 Å². The number of benzene rings is 2. The molecule has 120 valence electrons. The van der Waals surface area contributed by atoms with Gasteiger partial charge in [-0.2, -0.15) is 0 Å². The first-order valence-electron chi connectivity index (χ1n) is 7.42. The number of esters is 1. The summed E-state index contributed by atoms with van der Waals surface area (Å²) in [5.41, 5.74) is 1.93. The normalized spacial score (nSPS) is 11.9. The van der Waals surface area contributed by atoms with Gasteiger partial charge in [-0.05, 0) is 17.7 Å². The summed E-state index contributed by atoms with van der Waals surface area (Å²) in [5, 5.41) is 0. The number of methoxy groups -OCH3 is 1. The third-order valence-electron chi connectivity index (χ3n) is 3.84. The molecule has 5 heteroatoms. The minimum Gasteiger partial charge on any atom is -0.466 e. The van der Waals surface area contributed by atoms with Gasteiger partial charge < -0.3 is 4.74 Å². The Morgan fingerprint density at radius 2 is 1.79 bits per heavy atom. The highest BCUT2D eigenvalue weighted by Gasteiger charge is 2.25. The molecule has 1 heterocycles. The minimum absolute atomic E-state index is 0.183. The third kappa shape index (κ3) is 2.72. The van der Waals surface area contributed by atoms with Gasteiger partial charge in [0.25, 0.3) is 5.56 Å². The molecule has 5 nitrogen and oxygen atoms in total. The van der Waals surface area contributed by atoms with E-state index in [9.17, 15) is 9.59 Å². The van der Waals surface area contributed by atoms with Crippen molar-refractivity contribution in [2.24, 2.45) is 0 Å². The van der Waals surface area contributed by atoms with E-state index in [4.69, 9.17) is 4.74 Å². The predicted molar refractivity (Wildman–Crippen MR) is 91.7 cm³/mol. The number of para-hydroxylation sites is 2. The van der Waals surface area contributed by atoms with Gasteiger partial charge in [-0.15, -0.1) is 0 Å². The van der Waals surface area contributed by atoms with Gasteiger partial charge >= 0.3 is 5.97 Å². The van der Waals surface area contributed by atoms with E-state index < -0.39 is 12.0 Å². The molecule has 0 bridgehead atoms. The molecule has 0 aliphatic carbocycles. The van der Waals surface area contributed by atoms with Crippen molar-refractivity contribution in [3.8, 4) is 0 Å². The maximum absolute atomic E-state index is 12.6. The Labute approximate surface area is 138 Å². The first-order valence-corrected chi connectivity index (χ1v) is 7.42. The lowest BCUT2D eigenvalue weighted by molar-refractivity contribution is -0.136. The quantitative estimate of drug-likeness (QED) is 0.548. The van der Waals surface area contributed by atoms with Crippen molar-refractivity contribution in [2.75, 3.05) is 7.11 Å². The SMILES string of the molecule is C=C(C(=O)OC)C(c1ccccc1)n1c(=O)cnc2ccccc21. The summed E-state index contributed by atoms with van der Waals surface area (Å²) in [4.78, 5) is 28.8. The number of ether oxygens (including phenoxy) is 1. The second-order valence-electron chi connectivity index (χ2n) is 5.29. The smallest absolute Gasteiger partial charge is 0.335 e. The Kier molecular flexibility index (Phi) is 4.24. The Morgan fingerprint density at radius 3 is 2.50 bits per heavy atom. The van der Waals surface area contributed by atoms with Gasteiger partial charge in [0.1, 0.15) is 0 Å². The van der Waals surface area contributed by atoms with Crippen LogP contribution in [-0.2, 0) is 9.53 Å². The molecule has 0 fully saturated rings. The van der Waals surface area contributed by atoms with Crippen molar-refractivity contribution < 1.29 is 9.53 Å². The van der Waals surface area contributed by atoms with Crippen LogP contribution in [0.25, 0.3) is 11.0 Å². The van der Waals surface area contributed by atoms with E-state index in [2.05, 4.69) is 11.6 Å². The summed E-state index contributed by atoms with van der Waals surface area (Å²) in [6, 6.07) is 15.9. The van der Waals surface area contributed by atoms with E-state index in [1.165, 1.54) is 17.9 Å². The van der Waals surface area contributed by atoms with E-state index in [-0.39, 0.29) is 11.1 Å². The molecule has 0 spiro atoms. The van der Waals surface area contributed by atoms with Crippen LogP contribution < -0.4 is 5.56 Å². The molecular weight excluding hydrogens is 304 g/mol. The average Bonchev–Trinajstić information content (AvgIpc) is 2.63. The fourth-order valence-electron chi connectivity index (χ4n) is 2.73. The fraction of sp³-hybridized carbons (Fsp3) is 0.105. The molecule has 0 aliphatic rings. The summed E-state index contributed by atoms with van der Waals surface area (Å²) in [6.45, 7) is 3.87. The van der Waals surface area contributed by atoms with E-state index in [0.29, 0.717) is 11.0 Å². The zero-order valence-corrected chi connectivity index (χ0v) is 13.2. The van der Waals surface area contributed by atoms with Crippen molar-refractivity contribution in [3.63, 3.8) is 0 Å². The topological polar surface area (TPSA) is 61.2 Å². The molecule has 2 aromatic carbocycles. The Bertz CT molecular complexity index is 961. The van der Waals surface area contributed by atoms with E-state index in [1.807, 2.05) is 48.5 Å². The van der Waals surface area contributed by atoms with E-state index >= 15 is 0 Å². The number of rotatable bonds is 4. The van der Waals surface area contributed by atoms with Crippen molar-refractivity contribution in [2.45, 2.75) is 6.04 Å². The molecule has 1 unspecified atom stereocenters. The lowest BCUT2D eigenvalue weighted by atomic mass is 9.99. The summed E-state index contributed by atoms with van der Waals surface area (Å²) < 4.78 is 6.34. The Morgan fingerprint density at radius 1 is 1.12 bits per heavy atom. The van der Waals surface area contributed by atoms with E-state index in [0.717, 1.165) is 5.56 Å². The standard InChI is InChI=1S/C19H16N2O3/c1-13(19(23)24-2)18(14-8-4-3-5-9-14)21-16-11-7-6-10-15(16)20-12-17(21)22/h3-12,18H,1H2,2H3. The molecule has 0 N–H and O–H groups in total. The van der Waals surface area contributed by atoms with Crippen LogP contribution in [0.1, 0.15) is 11.6 Å². The van der Waals surface area contributed by atoms with Gasteiger partial charge in [0.15, 0.2) is 0 Å². The lowest BCUT2D eigenvalue weighted by Crippen LogP contribution is -2.29. The van der Waals surface area contributed by atoms with Gasteiger partial charge in [-0.25, -0.2) is 9.78 Å². The summed E-state index contributed by atoms with van der Waals surface area (Å²) >= 11 is 0. The predicted octanol–water partition coefficient (Wildman–Crippen LogP) is 2.72. The van der Waals surface area contributed by atoms with Crippen LogP contribution in [0.3, 0.4) is 0 Å². The van der Waals surface area contributed by atoms with Gasteiger partial charge in [0, 0.05) is 0 Å². The second-order valence-corrected chi connectivity index (χ2v) is 5.29. The average molecular weight is 320 g/mol. The van der Waals surface area contributed by atoms with Crippen LogP contribution in [0, 0.1) is 0 Å². The Hall–Kier alpha value is -3.21. The molecule has 0 radical (unpaired) electrons. The van der Waals surface area contributed by atoms with Crippen LogP contribution in [0.2, 0.25) is 0 Å². The number of carbonyl (C=O) groups is 1. The molecule has 3 aromatic rings. The maximum Gasteiger partial charge on any atom is 0.335 e. The molecular formula is C19H16N2O3. The zero-order valence-electron chi connectivity index (χ0n) is 13.2. The summed E-state index contributed by atoms with van der Waals surface area (Å²) in [7, 11) is 1.29. The first-order chi connectivity index (χ1) is 11.6.